The maximum atomic E-state index is 12.0. The lowest BCUT2D eigenvalue weighted by atomic mass is 9.80. The van der Waals surface area contributed by atoms with E-state index in [4.69, 9.17) is 11.6 Å². The SMILES string of the molecule is C=C(Cn1cc(Cl)cn1)[B-](F)(F)F. The second kappa shape index (κ2) is 3.45. The molecule has 0 atom stereocenters. The van der Waals surface area contributed by atoms with E-state index in [9.17, 15) is 12.9 Å². The van der Waals surface area contributed by atoms with Crippen molar-refractivity contribution < 1.29 is 12.9 Å². The van der Waals surface area contributed by atoms with Gasteiger partial charge in [0.1, 0.15) is 0 Å². The van der Waals surface area contributed by atoms with Crippen molar-refractivity contribution in [1.82, 2.24) is 9.78 Å². The zero-order chi connectivity index (χ0) is 10.1. The van der Waals surface area contributed by atoms with Crippen molar-refractivity contribution in [3.05, 3.63) is 29.5 Å². The Balaban J connectivity index is 2.65. The van der Waals surface area contributed by atoms with E-state index in [2.05, 4.69) is 11.7 Å². The van der Waals surface area contributed by atoms with Gasteiger partial charge in [0, 0.05) is 12.7 Å². The molecule has 0 saturated heterocycles. The van der Waals surface area contributed by atoms with Crippen molar-refractivity contribution in [2.75, 3.05) is 0 Å². The Hall–Kier alpha value is -0.905. The Labute approximate surface area is 78.0 Å². The van der Waals surface area contributed by atoms with Crippen LogP contribution in [0, 0.1) is 0 Å². The Bertz CT molecular complexity index is 320. The molecule has 0 aliphatic rings. The van der Waals surface area contributed by atoms with E-state index in [-0.39, 0.29) is 6.54 Å². The molecule has 0 aromatic carbocycles. The molecule has 1 aromatic rings. The summed E-state index contributed by atoms with van der Waals surface area (Å²) in [4.78, 5) is 0. The van der Waals surface area contributed by atoms with Gasteiger partial charge in [0.15, 0.2) is 0 Å². The number of rotatable bonds is 3. The van der Waals surface area contributed by atoms with Gasteiger partial charge in [0.2, 0.25) is 0 Å². The van der Waals surface area contributed by atoms with Crippen LogP contribution in [0.5, 0.6) is 0 Å². The van der Waals surface area contributed by atoms with Crippen molar-refractivity contribution in [3.8, 4) is 0 Å². The van der Waals surface area contributed by atoms with Crippen LogP contribution in [0.1, 0.15) is 0 Å². The number of hydrogen-bond donors (Lipinski definition) is 0. The summed E-state index contributed by atoms with van der Waals surface area (Å²) in [5, 5.41) is 3.91. The summed E-state index contributed by atoms with van der Waals surface area (Å²) in [6.45, 7) is -2.42. The minimum Gasteiger partial charge on any atom is -0.445 e. The Morgan fingerprint density at radius 3 is 2.62 bits per heavy atom. The highest BCUT2D eigenvalue weighted by Gasteiger charge is 2.26. The normalized spacial score (nSPS) is 11.7. The van der Waals surface area contributed by atoms with Gasteiger partial charge in [-0.2, -0.15) is 5.10 Å². The van der Waals surface area contributed by atoms with Crippen LogP contribution in [0.15, 0.2) is 24.4 Å². The number of aromatic nitrogens is 2. The van der Waals surface area contributed by atoms with Crippen molar-refractivity contribution in [2.24, 2.45) is 0 Å². The largest absolute Gasteiger partial charge is 0.506 e. The lowest BCUT2D eigenvalue weighted by molar-refractivity contribution is 0.479. The van der Waals surface area contributed by atoms with Crippen molar-refractivity contribution in [1.29, 1.82) is 0 Å². The first-order valence-corrected chi connectivity index (χ1v) is 3.83. The first-order valence-electron chi connectivity index (χ1n) is 3.45. The number of halogens is 4. The van der Waals surface area contributed by atoms with Crippen LogP contribution < -0.4 is 0 Å². The fraction of sp³-hybridized carbons (Fsp3) is 0.167. The molecule has 0 radical (unpaired) electrons. The van der Waals surface area contributed by atoms with Gasteiger partial charge in [-0.3, -0.25) is 4.68 Å². The zero-order valence-corrected chi connectivity index (χ0v) is 7.31. The minimum atomic E-state index is -4.99. The molecule has 0 spiro atoms. The molecule has 13 heavy (non-hydrogen) atoms. The highest BCUT2D eigenvalue weighted by Crippen LogP contribution is 2.19. The van der Waals surface area contributed by atoms with E-state index in [1.165, 1.54) is 12.4 Å². The third-order valence-corrected chi connectivity index (χ3v) is 1.62. The predicted molar refractivity (Wildman–Crippen MR) is 45.5 cm³/mol. The maximum absolute atomic E-state index is 12.0. The van der Waals surface area contributed by atoms with Crippen LogP contribution in [0.2, 0.25) is 5.02 Å². The first-order chi connectivity index (χ1) is 5.89. The fourth-order valence-corrected chi connectivity index (χ4v) is 0.893. The molecule has 0 amide bonds. The second-order valence-corrected chi connectivity index (χ2v) is 3.03. The molecule has 2 nitrogen and oxygen atoms in total. The molecule has 0 unspecified atom stereocenters. The van der Waals surface area contributed by atoms with E-state index >= 15 is 0 Å². The van der Waals surface area contributed by atoms with Crippen LogP contribution >= 0.6 is 11.6 Å². The summed E-state index contributed by atoms with van der Waals surface area (Å²) < 4.78 is 37.2. The Kier molecular flexibility index (Phi) is 2.70. The van der Waals surface area contributed by atoms with Gasteiger partial charge in [0.25, 0.3) is 0 Å². The summed E-state index contributed by atoms with van der Waals surface area (Å²) in [5.41, 5.74) is -0.792. The lowest BCUT2D eigenvalue weighted by Crippen LogP contribution is -2.22. The van der Waals surface area contributed by atoms with Gasteiger partial charge >= 0.3 is 6.98 Å². The Morgan fingerprint density at radius 2 is 2.23 bits per heavy atom. The average molecular weight is 209 g/mol. The summed E-state index contributed by atoms with van der Waals surface area (Å²) in [7, 11) is 0. The maximum Gasteiger partial charge on any atom is 0.506 e. The van der Waals surface area contributed by atoms with Crippen LogP contribution in [-0.2, 0) is 6.54 Å². The quantitative estimate of drug-likeness (QED) is 0.699. The summed E-state index contributed by atoms with van der Waals surface area (Å²) >= 11 is 5.47. The van der Waals surface area contributed by atoms with Gasteiger partial charge in [-0.05, 0) is 0 Å². The Morgan fingerprint density at radius 1 is 1.62 bits per heavy atom. The van der Waals surface area contributed by atoms with E-state index in [0.29, 0.717) is 5.02 Å². The number of nitrogens with zero attached hydrogens (tertiary/aromatic N) is 2. The van der Waals surface area contributed by atoms with E-state index in [1.807, 2.05) is 0 Å². The molecule has 0 bridgehead atoms. The predicted octanol–water partition coefficient (Wildman–Crippen LogP) is 2.48. The van der Waals surface area contributed by atoms with E-state index in [0.717, 1.165) is 4.68 Å². The summed E-state index contributed by atoms with van der Waals surface area (Å²) in [6.07, 6.45) is 2.59. The highest BCUT2D eigenvalue weighted by molar-refractivity contribution is 6.66. The van der Waals surface area contributed by atoms with E-state index in [1.54, 1.807) is 0 Å². The molecule has 1 aromatic heterocycles. The molecule has 7 heteroatoms. The zero-order valence-electron chi connectivity index (χ0n) is 6.55. The standard InChI is InChI=1S/C6H6BClF3N2/c1-5(7(9,10)11)3-13-4-6(8)2-12-13/h2,4H,1,3H2/q-1. The summed E-state index contributed by atoms with van der Waals surface area (Å²) in [6, 6.07) is 0. The molecular weight excluding hydrogens is 203 g/mol. The molecular formula is C6H6BClF3N2-. The molecule has 0 N–H and O–H groups in total. The van der Waals surface area contributed by atoms with Crippen molar-refractivity contribution >= 4 is 18.6 Å². The molecule has 0 saturated carbocycles. The van der Waals surface area contributed by atoms with Crippen LogP contribution in [0.25, 0.3) is 0 Å². The number of hydrogen-bond acceptors (Lipinski definition) is 1. The average Bonchev–Trinajstić information content (AvgIpc) is 2.33. The van der Waals surface area contributed by atoms with Gasteiger partial charge < -0.3 is 12.9 Å². The molecule has 0 fully saturated rings. The lowest BCUT2D eigenvalue weighted by Gasteiger charge is -2.17. The van der Waals surface area contributed by atoms with Gasteiger partial charge in [-0.15, -0.1) is 12.1 Å². The van der Waals surface area contributed by atoms with Crippen molar-refractivity contribution in [2.45, 2.75) is 6.54 Å². The smallest absolute Gasteiger partial charge is 0.445 e. The van der Waals surface area contributed by atoms with E-state index < -0.39 is 12.4 Å². The number of allylic oxidation sites excluding steroid dienone is 1. The second-order valence-electron chi connectivity index (χ2n) is 2.59. The molecule has 0 aliphatic carbocycles. The van der Waals surface area contributed by atoms with Gasteiger partial charge in [0.05, 0.1) is 11.2 Å². The van der Waals surface area contributed by atoms with Crippen LogP contribution in [0.4, 0.5) is 12.9 Å². The first kappa shape index (κ1) is 10.2. The highest BCUT2D eigenvalue weighted by atomic mass is 35.5. The van der Waals surface area contributed by atoms with Crippen molar-refractivity contribution in [3.63, 3.8) is 0 Å². The third-order valence-electron chi connectivity index (χ3n) is 1.43. The minimum absolute atomic E-state index is 0.308. The molecule has 1 heterocycles. The monoisotopic (exact) mass is 209 g/mol. The van der Waals surface area contributed by atoms with Crippen LogP contribution in [0.3, 0.4) is 0 Å². The summed E-state index contributed by atoms with van der Waals surface area (Å²) in [5.74, 6) is 0. The third kappa shape index (κ3) is 2.80. The molecule has 0 aliphatic heterocycles. The van der Waals surface area contributed by atoms with Gasteiger partial charge in [-0.1, -0.05) is 11.6 Å². The fourth-order valence-electron chi connectivity index (χ4n) is 0.736. The van der Waals surface area contributed by atoms with Crippen LogP contribution in [-0.4, -0.2) is 16.8 Å². The topological polar surface area (TPSA) is 17.8 Å². The molecule has 1 rings (SSSR count). The molecule has 72 valence electrons. The van der Waals surface area contributed by atoms with Gasteiger partial charge in [-0.25, -0.2) is 0 Å².